The molecule has 2 amide bonds. The largest absolute Gasteiger partial charge is 0.465 e. The molecule has 1 heterocycles. The lowest BCUT2D eigenvalue weighted by Crippen LogP contribution is -2.49. The lowest BCUT2D eigenvalue weighted by Gasteiger charge is -2.33. The zero-order chi connectivity index (χ0) is 22.8. The van der Waals surface area contributed by atoms with Gasteiger partial charge in [0.1, 0.15) is 11.6 Å². The highest BCUT2D eigenvalue weighted by Gasteiger charge is 2.30. The Hall–Kier alpha value is -2.72. The second-order valence-electron chi connectivity index (χ2n) is 6.90. The third kappa shape index (κ3) is 5.31. The highest BCUT2D eigenvalue weighted by molar-refractivity contribution is 7.91. The summed E-state index contributed by atoms with van der Waals surface area (Å²) in [7, 11) is -2.05. The third-order valence-electron chi connectivity index (χ3n) is 4.86. The first-order valence-corrected chi connectivity index (χ1v) is 11.4. The Morgan fingerprint density at radius 2 is 1.77 bits per heavy atom. The van der Waals surface area contributed by atoms with Crippen LogP contribution in [0.3, 0.4) is 0 Å². The Kier molecular flexibility index (Phi) is 6.80. The quantitative estimate of drug-likeness (QED) is 0.638. The number of ether oxygens (including phenoxy) is 1. The zero-order valence-electron chi connectivity index (χ0n) is 16.5. The number of benzene rings is 2. The van der Waals surface area contributed by atoms with Crippen LogP contribution in [0.5, 0.6) is 0 Å². The third-order valence-corrected chi connectivity index (χ3v) is 6.76. The lowest BCUT2D eigenvalue weighted by atomic mass is 10.1. The van der Waals surface area contributed by atoms with E-state index in [9.17, 15) is 26.8 Å². The molecule has 31 heavy (non-hydrogen) atoms. The summed E-state index contributed by atoms with van der Waals surface area (Å²) in [6, 6.07) is 6.75. The molecule has 0 N–H and O–H groups in total. The summed E-state index contributed by atoms with van der Waals surface area (Å²) in [6.07, 6.45) is 0. The van der Waals surface area contributed by atoms with E-state index < -0.39 is 33.5 Å². The molecule has 0 bridgehead atoms. The molecular formula is C20H19ClF2N2O5S. The molecule has 0 saturated carbocycles. The maximum Gasteiger partial charge on any atom is 0.337 e. The minimum Gasteiger partial charge on any atom is -0.465 e. The number of amides is 2. The molecule has 1 aliphatic heterocycles. The van der Waals surface area contributed by atoms with Crippen LogP contribution in [0, 0.1) is 11.6 Å². The van der Waals surface area contributed by atoms with Crippen LogP contribution in [-0.4, -0.2) is 57.0 Å². The molecule has 1 aliphatic rings. The number of rotatable bonds is 4. The van der Waals surface area contributed by atoms with E-state index >= 15 is 0 Å². The first-order valence-electron chi connectivity index (χ1n) is 9.20. The van der Waals surface area contributed by atoms with E-state index in [1.165, 1.54) is 41.2 Å². The van der Waals surface area contributed by atoms with E-state index in [0.29, 0.717) is 0 Å². The lowest BCUT2D eigenvalue weighted by molar-refractivity contribution is 0.0600. The van der Waals surface area contributed by atoms with Crippen molar-refractivity contribution in [1.29, 1.82) is 0 Å². The van der Waals surface area contributed by atoms with Crippen LogP contribution >= 0.6 is 11.6 Å². The minimum atomic E-state index is -3.22. The van der Waals surface area contributed by atoms with Gasteiger partial charge in [-0.15, -0.1) is 0 Å². The van der Waals surface area contributed by atoms with Gasteiger partial charge in [0.05, 0.1) is 35.7 Å². The molecule has 166 valence electrons. The van der Waals surface area contributed by atoms with Gasteiger partial charge in [-0.1, -0.05) is 17.7 Å². The Labute approximate surface area is 183 Å². The summed E-state index contributed by atoms with van der Waals surface area (Å²) in [5, 5.41) is -0.224. The van der Waals surface area contributed by atoms with E-state index in [2.05, 4.69) is 4.74 Å². The number of anilines is 1. The number of hydrogen-bond donors (Lipinski definition) is 0. The number of carbonyl (C=O) groups excluding carboxylic acids is 2. The van der Waals surface area contributed by atoms with Crippen LogP contribution in [-0.2, 0) is 21.1 Å². The van der Waals surface area contributed by atoms with Gasteiger partial charge in [0.2, 0.25) is 0 Å². The first-order chi connectivity index (χ1) is 14.6. The average Bonchev–Trinajstić information content (AvgIpc) is 2.74. The molecule has 3 rings (SSSR count). The molecule has 0 aliphatic carbocycles. The Morgan fingerprint density at radius 3 is 2.35 bits per heavy atom. The van der Waals surface area contributed by atoms with Crippen molar-refractivity contribution >= 4 is 39.1 Å². The van der Waals surface area contributed by atoms with Crippen LogP contribution in [0.4, 0.5) is 19.3 Å². The number of carbonyl (C=O) groups is 2. The molecule has 2 aromatic rings. The van der Waals surface area contributed by atoms with E-state index in [4.69, 9.17) is 11.6 Å². The molecule has 1 saturated heterocycles. The number of urea groups is 1. The number of halogens is 3. The molecular weight excluding hydrogens is 454 g/mol. The normalized spacial score (nSPS) is 15.4. The van der Waals surface area contributed by atoms with E-state index in [1.807, 2.05) is 0 Å². The molecule has 0 radical (unpaired) electrons. The van der Waals surface area contributed by atoms with Gasteiger partial charge in [0.25, 0.3) is 0 Å². The number of hydrogen-bond acceptors (Lipinski definition) is 5. The number of nitrogens with zero attached hydrogens (tertiary/aromatic N) is 2. The van der Waals surface area contributed by atoms with Gasteiger partial charge in [-0.25, -0.2) is 26.8 Å². The predicted octanol–water partition coefficient (Wildman–Crippen LogP) is 3.26. The Balaban J connectivity index is 1.93. The molecule has 2 aromatic carbocycles. The predicted molar refractivity (Wildman–Crippen MR) is 111 cm³/mol. The fourth-order valence-electron chi connectivity index (χ4n) is 3.09. The van der Waals surface area contributed by atoms with Crippen molar-refractivity contribution in [3.63, 3.8) is 0 Å². The molecule has 11 heteroatoms. The summed E-state index contributed by atoms with van der Waals surface area (Å²) >= 11 is 5.86. The standard InChI is InChI=1S/C20H19ClF2N2O5S/c1-30-19(26)13-2-3-14(18(23)10-13)12-25(15-4-5-17(22)16(21)11-15)20(27)24-6-8-31(28,29)9-7-24/h2-5,10-11H,6-9,12H2,1H3. The van der Waals surface area contributed by atoms with Gasteiger partial charge >= 0.3 is 12.0 Å². The van der Waals surface area contributed by atoms with Crippen LogP contribution in [0.1, 0.15) is 15.9 Å². The van der Waals surface area contributed by atoms with Gasteiger partial charge in [0.15, 0.2) is 9.84 Å². The fraction of sp³-hybridized carbons (Fsp3) is 0.300. The molecule has 1 fully saturated rings. The van der Waals surface area contributed by atoms with Crippen molar-refractivity contribution in [1.82, 2.24) is 4.90 Å². The molecule has 7 nitrogen and oxygen atoms in total. The summed E-state index contributed by atoms with van der Waals surface area (Å²) in [4.78, 5) is 27.3. The highest BCUT2D eigenvalue weighted by atomic mass is 35.5. The topological polar surface area (TPSA) is 84.0 Å². The molecule has 0 atom stereocenters. The van der Waals surface area contributed by atoms with Crippen molar-refractivity contribution in [3.05, 3.63) is 64.2 Å². The molecule has 0 spiro atoms. The van der Waals surface area contributed by atoms with Gasteiger partial charge in [-0.05, 0) is 30.3 Å². The highest BCUT2D eigenvalue weighted by Crippen LogP contribution is 2.26. The molecule has 0 unspecified atom stereocenters. The maximum absolute atomic E-state index is 14.6. The zero-order valence-corrected chi connectivity index (χ0v) is 18.0. The molecule has 0 aromatic heterocycles. The van der Waals surface area contributed by atoms with Crippen LogP contribution < -0.4 is 4.90 Å². The van der Waals surface area contributed by atoms with E-state index in [1.54, 1.807) is 0 Å². The second-order valence-corrected chi connectivity index (χ2v) is 9.61. The number of esters is 1. The van der Waals surface area contributed by atoms with Crippen LogP contribution in [0.2, 0.25) is 5.02 Å². The average molecular weight is 473 g/mol. The van der Waals surface area contributed by atoms with Crippen LogP contribution in [0.25, 0.3) is 0 Å². The van der Waals surface area contributed by atoms with Crippen LogP contribution in [0.15, 0.2) is 36.4 Å². The van der Waals surface area contributed by atoms with Gasteiger partial charge in [-0.3, -0.25) is 4.90 Å². The summed E-state index contributed by atoms with van der Waals surface area (Å²) in [5.41, 5.74) is 0.306. The second kappa shape index (κ2) is 9.19. The van der Waals surface area contributed by atoms with Crippen molar-refractivity contribution in [2.45, 2.75) is 6.54 Å². The van der Waals surface area contributed by atoms with E-state index in [0.717, 1.165) is 12.1 Å². The monoisotopic (exact) mass is 472 g/mol. The number of methoxy groups -OCH3 is 1. The smallest absolute Gasteiger partial charge is 0.337 e. The van der Waals surface area contributed by atoms with E-state index in [-0.39, 0.29) is 53.0 Å². The van der Waals surface area contributed by atoms with Gasteiger partial charge in [0, 0.05) is 24.3 Å². The van der Waals surface area contributed by atoms with Crippen molar-refractivity contribution in [3.8, 4) is 0 Å². The Bertz CT molecular complexity index is 1110. The van der Waals surface area contributed by atoms with Crippen molar-refractivity contribution in [2.75, 3.05) is 36.6 Å². The fourth-order valence-corrected chi connectivity index (χ4v) is 4.46. The maximum atomic E-state index is 14.6. The van der Waals surface area contributed by atoms with Gasteiger partial charge < -0.3 is 9.64 Å². The Morgan fingerprint density at radius 1 is 1.10 bits per heavy atom. The summed E-state index contributed by atoms with van der Waals surface area (Å²) in [5.74, 6) is -2.50. The summed E-state index contributed by atoms with van der Waals surface area (Å²) < 4.78 is 56.2. The van der Waals surface area contributed by atoms with Crippen molar-refractivity contribution in [2.24, 2.45) is 0 Å². The number of sulfone groups is 1. The first kappa shape index (κ1) is 23.0. The van der Waals surface area contributed by atoms with Crippen molar-refractivity contribution < 1.29 is 31.5 Å². The van der Waals surface area contributed by atoms with Gasteiger partial charge in [-0.2, -0.15) is 0 Å². The summed E-state index contributed by atoms with van der Waals surface area (Å²) in [6.45, 7) is -0.288. The SMILES string of the molecule is COC(=O)c1ccc(CN(C(=O)N2CCS(=O)(=O)CC2)c2ccc(F)c(Cl)c2)c(F)c1. The minimum absolute atomic E-state index is 0.00712.